The Labute approximate surface area is 149 Å². The number of rotatable bonds is 6. The first-order valence-corrected chi connectivity index (χ1v) is 9.19. The Balaban J connectivity index is 1.52. The van der Waals surface area contributed by atoms with E-state index in [-0.39, 0.29) is 30.2 Å². The van der Waals surface area contributed by atoms with E-state index in [2.05, 4.69) is 21.2 Å². The molecule has 2 aliphatic rings. The van der Waals surface area contributed by atoms with Crippen molar-refractivity contribution in [2.75, 3.05) is 19.8 Å². The van der Waals surface area contributed by atoms with Crippen LogP contribution in [-0.4, -0.2) is 36.7 Å². The number of carbonyl (C=O) groups is 2. The molecule has 1 aromatic rings. The fraction of sp³-hybridized carbons (Fsp3) is 0.556. The van der Waals surface area contributed by atoms with Crippen LogP contribution in [0.2, 0.25) is 0 Å². The van der Waals surface area contributed by atoms with Crippen LogP contribution in [0.1, 0.15) is 30.7 Å². The molecule has 1 aromatic carbocycles. The Kier molecular flexibility index (Phi) is 5.56. The molecule has 0 radical (unpaired) electrons. The van der Waals surface area contributed by atoms with Crippen LogP contribution in [-0.2, 0) is 14.3 Å². The minimum Gasteiger partial charge on any atom is -0.481 e. The van der Waals surface area contributed by atoms with Gasteiger partial charge < -0.3 is 15.2 Å². The summed E-state index contributed by atoms with van der Waals surface area (Å²) in [5.41, 5.74) is 1.16. The number of carboxylic acids is 1. The normalized spacial score (nSPS) is 25.0. The molecule has 0 bridgehead atoms. The van der Waals surface area contributed by atoms with Crippen LogP contribution in [0.15, 0.2) is 28.7 Å². The minimum atomic E-state index is -0.832. The predicted molar refractivity (Wildman–Crippen MR) is 92.7 cm³/mol. The molecule has 0 aromatic heterocycles. The van der Waals surface area contributed by atoms with Crippen molar-refractivity contribution < 1.29 is 19.4 Å². The molecule has 3 unspecified atom stereocenters. The molecule has 130 valence electrons. The number of nitrogens with one attached hydrogen (secondary N) is 1. The minimum absolute atomic E-state index is 0.0294. The van der Waals surface area contributed by atoms with Crippen molar-refractivity contribution >= 4 is 27.8 Å². The highest BCUT2D eigenvalue weighted by atomic mass is 79.9. The summed E-state index contributed by atoms with van der Waals surface area (Å²) in [5.74, 6) is -1.10. The zero-order valence-corrected chi connectivity index (χ0v) is 15.0. The van der Waals surface area contributed by atoms with Crippen molar-refractivity contribution in [3.8, 4) is 0 Å². The summed E-state index contributed by atoms with van der Waals surface area (Å²) in [5, 5.41) is 12.3. The van der Waals surface area contributed by atoms with Crippen LogP contribution in [0.3, 0.4) is 0 Å². The van der Waals surface area contributed by atoms with Crippen LogP contribution in [0.4, 0.5) is 0 Å². The third kappa shape index (κ3) is 4.16. The van der Waals surface area contributed by atoms with Gasteiger partial charge >= 0.3 is 5.97 Å². The van der Waals surface area contributed by atoms with Gasteiger partial charge in [0.2, 0.25) is 5.91 Å². The van der Waals surface area contributed by atoms with Crippen LogP contribution in [0.5, 0.6) is 0 Å². The average molecular weight is 396 g/mol. The molecule has 0 spiro atoms. The highest BCUT2D eigenvalue weighted by Gasteiger charge is 2.44. The van der Waals surface area contributed by atoms with Gasteiger partial charge in [0, 0.05) is 30.1 Å². The zero-order chi connectivity index (χ0) is 17.1. The van der Waals surface area contributed by atoms with Gasteiger partial charge in [-0.1, -0.05) is 28.1 Å². The van der Waals surface area contributed by atoms with E-state index in [1.165, 1.54) is 0 Å². The molecule has 1 aliphatic heterocycles. The Morgan fingerprint density at radius 3 is 2.75 bits per heavy atom. The summed E-state index contributed by atoms with van der Waals surface area (Å²) < 4.78 is 6.30. The standard InChI is InChI=1S/C18H22BrNO4/c19-13-3-1-2-12(8-13)14-9-15(14)17(21)20-10-16(18(22)23)11-4-6-24-7-5-11/h1-3,8,11,14-16H,4-7,9-10H2,(H,20,21)(H,22,23). The molecule has 3 rings (SSSR count). The second-order valence-electron chi connectivity index (χ2n) is 6.64. The maximum atomic E-state index is 12.3. The summed E-state index contributed by atoms with van der Waals surface area (Å²) in [6.45, 7) is 1.42. The Bertz CT molecular complexity index is 615. The van der Waals surface area contributed by atoms with E-state index in [9.17, 15) is 14.7 Å². The Morgan fingerprint density at radius 2 is 2.08 bits per heavy atom. The first-order chi connectivity index (χ1) is 11.6. The van der Waals surface area contributed by atoms with Crippen LogP contribution < -0.4 is 5.32 Å². The molecule has 1 amide bonds. The lowest BCUT2D eigenvalue weighted by Crippen LogP contribution is -2.39. The number of hydrogen-bond donors (Lipinski definition) is 2. The quantitative estimate of drug-likeness (QED) is 0.776. The third-order valence-corrected chi connectivity index (χ3v) is 5.55. The van der Waals surface area contributed by atoms with Gasteiger partial charge in [0.05, 0.1) is 5.92 Å². The van der Waals surface area contributed by atoms with E-state index >= 15 is 0 Å². The fourth-order valence-corrected chi connectivity index (χ4v) is 3.92. The third-order valence-electron chi connectivity index (χ3n) is 5.05. The number of benzene rings is 1. The second kappa shape index (κ2) is 7.66. The molecule has 1 aliphatic carbocycles. The highest BCUT2D eigenvalue weighted by molar-refractivity contribution is 9.10. The average Bonchev–Trinajstić information content (AvgIpc) is 3.36. The lowest BCUT2D eigenvalue weighted by atomic mass is 9.86. The molecular formula is C18H22BrNO4. The van der Waals surface area contributed by atoms with Gasteiger partial charge in [-0.25, -0.2) is 0 Å². The molecule has 1 heterocycles. The monoisotopic (exact) mass is 395 g/mol. The van der Waals surface area contributed by atoms with Gasteiger partial charge in [0.15, 0.2) is 0 Å². The number of amides is 1. The van der Waals surface area contributed by atoms with Crippen LogP contribution in [0.25, 0.3) is 0 Å². The molecular weight excluding hydrogens is 374 g/mol. The van der Waals surface area contributed by atoms with Gasteiger partial charge in [0.25, 0.3) is 0 Å². The highest BCUT2D eigenvalue weighted by Crippen LogP contribution is 2.48. The van der Waals surface area contributed by atoms with Gasteiger partial charge in [0.1, 0.15) is 0 Å². The maximum absolute atomic E-state index is 12.3. The summed E-state index contributed by atoms with van der Waals surface area (Å²) >= 11 is 3.45. The van der Waals surface area contributed by atoms with Crippen molar-refractivity contribution in [1.82, 2.24) is 5.32 Å². The van der Waals surface area contributed by atoms with Gasteiger partial charge in [-0.15, -0.1) is 0 Å². The predicted octanol–water partition coefficient (Wildman–Crippen LogP) is 2.80. The SMILES string of the molecule is O=C(O)C(CNC(=O)C1CC1c1cccc(Br)c1)C1CCOCC1. The first kappa shape index (κ1) is 17.4. The van der Waals surface area contributed by atoms with E-state index in [1.54, 1.807) is 0 Å². The molecule has 2 N–H and O–H groups in total. The van der Waals surface area contributed by atoms with E-state index in [1.807, 2.05) is 24.3 Å². The number of ether oxygens (including phenoxy) is 1. The molecule has 2 fully saturated rings. The van der Waals surface area contributed by atoms with E-state index in [0.717, 1.165) is 29.3 Å². The summed E-state index contributed by atoms with van der Waals surface area (Å²) in [6, 6.07) is 8.01. The first-order valence-electron chi connectivity index (χ1n) is 8.40. The molecule has 1 saturated heterocycles. The van der Waals surface area contributed by atoms with Crippen LogP contribution in [0, 0.1) is 17.8 Å². The second-order valence-corrected chi connectivity index (χ2v) is 7.56. The van der Waals surface area contributed by atoms with Crippen molar-refractivity contribution in [2.24, 2.45) is 17.8 Å². The summed E-state index contributed by atoms with van der Waals surface area (Å²) in [6.07, 6.45) is 2.32. The van der Waals surface area contributed by atoms with Crippen molar-refractivity contribution in [3.05, 3.63) is 34.3 Å². The van der Waals surface area contributed by atoms with Crippen molar-refractivity contribution in [2.45, 2.75) is 25.2 Å². The molecule has 1 saturated carbocycles. The smallest absolute Gasteiger partial charge is 0.308 e. The maximum Gasteiger partial charge on any atom is 0.308 e. The van der Waals surface area contributed by atoms with Gasteiger partial charge in [-0.2, -0.15) is 0 Å². The van der Waals surface area contributed by atoms with Gasteiger partial charge in [-0.05, 0) is 48.8 Å². The van der Waals surface area contributed by atoms with Crippen LogP contribution >= 0.6 is 15.9 Å². The molecule has 5 nitrogen and oxygen atoms in total. The number of halogens is 1. The van der Waals surface area contributed by atoms with Gasteiger partial charge in [-0.3, -0.25) is 9.59 Å². The number of hydrogen-bond acceptors (Lipinski definition) is 3. The van der Waals surface area contributed by atoms with E-state index in [4.69, 9.17) is 4.74 Å². The number of aliphatic carboxylic acids is 1. The number of carboxylic acid groups (broad SMARTS) is 1. The Morgan fingerprint density at radius 1 is 1.33 bits per heavy atom. The largest absolute Gasteiger partial charge is 0.481 e. The lowest BCUT2D eigenvalue weighted by molar-refractivity contribution is -0.145. The van der Waals surface area contributed by atoms with E-state index < -0.39 is 11.9 Å². The Hall–Kier alpha value is -1.40. The summed E-state index contributed by atoms with van der Waals surface area (Å²) in [7, 11) is 0. The lowest BCUT2D eigenvalue weighted by Gasteiger charge is -2.27. The van der Waals surface area contributed by atoms with Crippen molar-refractivity contribution in [1.29, 1.82) is 0 Å². The molecule has 6 heteroatoms. The van der Waals surface area contributed by atoms with E-state index in [0.29, 0.717) is 13.2 Å². The summed E-state index contributed by atoms with van der Waals surface area (Å²) in [4.78, 5) is 23.9. The van der Waals surface area contributed by atoms with Crippen molar-refractivity contribution in [3.63, 3.8) is 0 Å². The molecule has 24 heavy (non-hydrogen) atoms. The number of carbonyl (C=O) groups excluding carboxylic acids is 1. The zero-order valence-electron chi connectivity index (χ0n) is 13.4. The molecule has 3 atom stereocenters. The topological polar surface area (TPSA) is 75.6 Å². The fourth-order valence-electron chi connectivity index (χ4n) is 3.51.